The molecular formula is C20H23N3O4. The summed E-state index contributed by atoms with van der Waals surface area (Å²) in [6.45, 7) is 6.07. The summed E-state index contributed by atoms with van der Waals surface area (Å²) in [7, 11) is 0. The van der Waals surface area contributed by atoms with Crippen molar-refractivity contribution >= 4 is 17.3 Å². The lowest BCUT2D eigenvalue weighted by Crippen LogP contribution is -2.55. The van der Waals surface area contributed by atoms with E-state index in [4.69, 9.17) is 4.74 Å². The first kappa shape index (κ1) is 18.7. The third-order valence-electron chi connectivity index (χ3n) is 4.62. The number of nitro groups is 1. The Morgan fingerprint density at radius 3 is 2.15 bits per heavy atom. The second kappa shape index (κ2) is 7.65. The van der Waals surface area contributed by atoms with Crippen molar-refractivity contribution in [1.82, 2.24) is 4.90 Å². The molecule has 1 aliphatic heterocycles. The summed E-state index contributed by atoms with van der Waals surface area (Å²) in [4.78, 5) is 27.2. The van der Waals surface area contributed by atoms with Gasteiger partial charge in [-0.1, -0.05) is 18.2 Å². The molecule has 0 atom stereocenters. The molecule has 0 bridgehead atoms. The molecule has 0 N–H and O–H groups in total. The Morgan fingerprint density at radius 1 is 1.00 bits per heavy atom. The van der Waals surface area contributed by atoms with Crippen LogP contribution in [-0.4, -0.2) is 47.5 Å². The van der Waals surface area contributed by atoms with Crippen molar-refractivity contribution in [2.75, 3.05) is 31.1 Å². The fourth-order valence-corrected chi connectivity index (χ4v) is 3.16. The molecule has 1 fully saturated rings. The van der Waals surface area contributed by atoms with Gasteiger partial charge in [-0.25, -0.2) is 0 Å². The van der Waals surface area contributed by atoms with Crippen LogP contribution in [0.25, 0.3) is 0 Å². The third-order valence-corrected chi connectivity index (χ3v) is 4.62. The van der Waals surface area contributed by atoms with Gasteiger partial charge in [-0.3, -0.25) is 14.9 Å². The Labute approximate surface area is 158 Å². The van der Waals surface area contributed by atoms with Crippen LogP contribution >= 0.6 is 0 Å². The lowest BCUT2D eigenvalue weighted by molar-refractivity contribution is -0.384. The average Bonchev–Trinajstić information content (AvgIpc) is 2.68. The molecule has 0 radical (unpaired) electrons. The summed E-state index contributed by atoms with van der Waals surface area (Å²) in [5.41, 5.74) is 0.0523. The maximum Gasteiger partial charge on any atom is 0.269 e. The van der Waals surface area contributed by atoms with Crippen LogP contribution in [0, 0.1) is 10.1 Å². The predicted octanol–water partition coefficient (Wildman–Crippen LogP) is 3.10. The fourth-order valence-electron chi connectivity index (χ4n) is 3.16. The SMILES string of the molecule is CC(C)(Oc1ccccc1)C(=O)N1CCN(c2ccc([N+](=O)[O-])cc2)CC1. The highest BCUT2D eigenvalue weighted by Crippen LogP contribution is 2.23. The van der Waals surface area contributed by atoms with E-state index in [-0.39, 0.29) is 11.6 Å². The van der Waals surface area contributed by atoms with E-state index in [2.05, 4.69) is 4.90 Å². The van der Waals surface area contributed by atoms with E-state index in [9.17, 15) is 14.9 Å². The molecule has 0 unspecified atom stereocenters. The van der Waals surface area contributed by atoms with Gasteiger partial charge in [0.15, 0.2) is 5.60 Å². The number of rotatable bonds is 5. The number of non-ortho nitro benzene ring substituents is 1. The van der Waals surface area contributed by atoms with Crippen LogP contribution in [0.1, 0.15) is 13.8 Å². The number of piperazine rings is 1. The molecule has 7 heteroatoms. The molecule has 1 heterocycles. The molecule has 1 saturated heterocycles. The Balaban J connectivity index is 1.59. The van der Waals surface area contributed by atoms with Crippen LogP contribution in [0.3, 0.4) is 0 Å². The molecule has 2 aromatic carbocycles. The number of nitrogens with zero attached hydrogens (tertiary/aromatic N) is 3. The molecule has 0 aliphatic carbocycles. The van der Waals surface area contributed by atoms with Crippen LogP contribution in [0.15, 0.2) is 54.6 Å². The number of para-hydroxylation sites is 1. The van der Waals surface area contributed by atoms with Gasteiger partial charge in [0.25, 0.3) is 11.6 Å². The summed E-state index contributed by atoms with van der Waals surface area (Å²) < 4.78 is 5.90. The Morgan fingerprint density at radius 2 is 1.59 bits per heavy atom. The van der Waals surface area contributed by atoms with Gasteiger partial charge in [0.1, 0.15) is 5.75 Å². The van der Waals surface area contributed by atoms with Gasteiger partial charge in [-0.2, -0.15) is 0 Å². The molecule has 3 rings (SSSR count). The van der Waals surface area contributed by atoms with Crippen LogP contribution in [-0.2, 0) is 4.79 Å². The molecular weight excluding hydrogens is 346 g/mol. The maximum atomic E-state index is 12.9. The standard InChI is InChI=1S/C20H23N3O4/c1-20(2,27-18-6-4-3-5-7-18)19(24)22-14-12-21(13-15-22)16-8-10-17(11-9-16)23(25)26/h3-11H,12-15H2,1-2H3. The molecule has 0 spiro atoms. The predicted molar refractivity (Wildman–Crippen MR) is 103 cm³/mol. The first-order chi connectivity index (χ1) is 12.9. The van der Waals surface area contributed by atoms with E-state index in [1.807, 2.05) is 35.2 Å². The first-order valence-corrected chi connectivity index (χ1v) is 8.90. The van der Waals surface area contributed by atoms with Gasteiger partial charge < -0.3 is 14.5 Å². The number of ether oxygens (including phenoxy) is 1. The van der Waals surface area contributed by atoms with E-state index in [1.54, 1.807) is 26.0 Å². The summed E-state index contributed by atoms with van der Waals surface area (Å²) in [6.07, 6.45) is 0. The number of amides is 1. The molecule has 7 nitrogen and oxygen atoms in total. The van der Waals surface area contributed by atoms with Crippen molar-refractivity contribution in [3.8, 4) is 5.75 Å². The van der Waals surface area contributed by atoms with Gasteiger partial charge in [0, 0.05) is 44.0 Å². The zero-order valence-electron chi connectivity index (χ0n) is 15.5. The Hall–Kier alpha value is -3.09. The second-order valence-electron chi connectivity index (χ2n) is 6.98. The lowest BCUT2D eigenvalue weighted by atomic mass is 10.1. The van der Waals surface area contributed by atoms with Crippen molar-refractivity contribution in [1.29, 1.82) is 0 Å². The van der Waals surface area contributed by atoms with Crippen molar-refractivity contribution in [3.05, 3.63) is 64.7 Å². The number of nitro benzene ring substituents is 1. The average molecular weight is 369 g/mol. The minimum Gasteiger partial charge on any atom is -0.478 e. The van der Waals surface area contributed by atoms with Crippen molar-refractivity contribution < 1.29 is 14.5 Å². The number of hydrogen-bond donors (Lipinski definition) is 0. The third kappa shape index (κ3) is 4.36. The highest BCUT2D eigenvalue weighted by atomic mass is 16.6. The van der Waals surface area contributed by atoms with Gasteiger partial charge >= 0.3 is 0 Å². The molecule has 142 valence electrons. The van der Waals surface area contributed by atoms with E-state index >= 15 is 0 Å². The summed E-state index contributed by atoms with van der Waals surface area (Å²) in [5.74, 6) is 0.620. The van der Waals surface area contributed by atoms with Crippen LogP contribution in [0.5, 0.6) is 5.75 Å². The van der Waals surface area contributed by atoms with Gasteiger partial charge in [-0.15, -0.1) is 0 Å². The summed E-state index contributed by atoms with van der Waals surface area (Å²) >= 11 is 0. The lowest BCUT2D eigenvalue weighted by Gasteiger charge is -2.39. The number of carbonyl (C=O) groups is 1. The Bertz CT molecular complexity index is 798. The van der Waals surface area contributed by atoms with Crippen molar-refractivity contribution in [2.45, 2.75) is 19.4 Å². The normalized spacial score (nSPS) is 14.7. The van der Waals surface area contributed by atoms with E-state index in [1.165, 1.54) is 12.1 Å². The fraction of sp³-hybridized carbons (Fsp3) is 0.350. The minimum absolute atomic E-state index is 0.0466. The number of hydrogen-bond acceptors (Lipinski definition) is 5. The van der Waals surface area contributed by atoms with Crippen LogP contribution in [0.4, 0.5) is 11.4 Å². The molecule has 27 heavy (non-hydrogen) atoms. The zero-order chi connectivity index (χ0) is 19.4. The first-order valence-electron chi connectivity index (χ1n) is 8.90. The number of anilines is 1. The number of benzene rings is 2. The topological polar surface area (TPSA) is 75.9 Å². The van der Waals surface area contributed by atoms with Crippen molar-refractivity contribution in [2.24, 2.45) is 0 Å². The van der Waals surface area contributed by atoms with Gasteiger partial charge in [0.2, 0.25) is 0 Å². The van der Waals surface area contributed by atoms with Crippen molar-refractivity contribution in [3.63, 3.8) is 0 Å². The zero-order valence-corrected chi connectivity index (χ0v) is 15.5. The Kier molecular flexibility index (Phi) is 5.30. The maximum absolute atomic E-state index is 12.9. The van der Waals surface area contributed by atoms with Crippen LogP contribution < -0.4 is 9.64 Å². The van der Waals surface area contributed by atoms with Crippen LogP contribution in [0.2, 0.25) is 0 Å². The monoisotopic (exact) mass is 369 g/mol. The molecule has 0 aromatic heterocycles. The second-order valence-corrected chi connectivity index (χ2v) is 6.98. The summed E-state index contributed by atoms with van der Waals surface area (Å²) in [5, 5.41) is 10.8. The number of carbonyl (C=O) groups excluding carboxylic acids is 1. The van der Waals surface area contributed by atoms with E-state index < -0.39 is 10.5 Å². The molecule has 1 aliphatic rings. The molecule has 1 amide bonds. The van der Waals surface area contributed by atoms with Gasteiger partial charge in [0.05, 0.1) is 4.92 Å². The quantitative estimate of drug-likeness (QED) is 0.598. The molecule has 0 saturated carbocycles. The van der Waals surface area contributed by atoms with E-state index in [0.717, 1.165) is 5.69 Å². The minimum atomic E-state index is -0.948. The van der Waals surface area contributed by atoms with Gasteiger partial charge in [-0.05, 0) is 38.1 Å². The molecule has 2 aromatic rings. The highest BCUT2D eigenvalue weighted by Gasteiger charge is 2.35. The smallest absolute Gasteiger partial charge is 0.269 e. The highest BCUT2D eigenvalue weighted by molar-refractivity contribution is 5.85. The summed E-state index contributed by atoms with van der Waals surface area (Å²) in [6, 6.07) is 15.8. The van der Waals surface area contributed by atoms with E-state index in [0.29, 0.717) is 31.9 Å². The largest absolute Gasteiger partial charge is 0.478 e.